The first-order valence-electron chi connectivity index (χ1n) is 5.81. The highest BCUT2D eigenvalue weighted by Crippen LogP contribution is 2.11. The number of hydrogen-bond acceptors (Lipinski definition) is 3. The summed E-state index contributed by atoms with van der Waals surface area (Å²) in [7, 11) is 0. The number of rotatable bonds is 3. The van der Waals surface area contributed by atoms with E-state index in [1.807, 2.05) is 0 Å². The lowest BCUT2D eigenvalue weighted by Gasteiger charge is -1.93. The van der Waals surface area contributed by atoms with Gasteiger partial charge in [-0.25, -0.2) is 0 Å². The van der Waals surface area contributed by atoms with E-state index in [0.29, 0.717) is 12.9 Å². The zero-order chi connectivity index (χ0) is 13.2. The van der Waals surface area contributed by atoms with Gasteiger partial charge in [-0.3, -0.25) is 4.79 Å². The lowest BCUT2D eigenvalue weighted by molar-refractivity contribution is -0.143. The molecule has 0 N–H and O–H groups in total. The molecule has 0 aliphatic carbocycles. The molecule has 3 heteroatoms. The zero-order valence-corrected chi connectivity index (χ0v) is 10.3. The highest BCUT2D eigenvalue weighted by atomic mass is 16.5. The van der Waals surface area contributed by atoms with Gasteiger partial charge in [-0.1, -0.05) is 48.5 Å². The van der Waals surface area contributed by atoms with Gasteiger partial charge in [0.2, 0.25) is 0 Å². The predicted octanol–water partition coefficient (Wildman–Crippen LogP) is 2.98. The van der Waals surface area contributed by atoms with Gasteiger partial charge in [0.1, 0.15) is 12.7 Å². The van der Waals surface area contributed by atoms with Crippen LogP contribution in [0.4, 0.5) is 0 Å². The van der Waals surface area contributed by atoms with Crippen molar-refractivity contribution >= 4 is 23.0 Å². The van der Waals surface area contributed by atoms with Crippen molar-refractivity contribution in [3.63, 3.8) is 0 Å². The molecule has 2 aromatic rings. The van der Waals surface area contributed by atoms with E-state index < -0.39 is 5.97 Å². The predicted molar refractivity (Wildman–Crippen MR) is 71.3 cm³/mol. The van der Waals surface area contributed by atoms with Gasteiger partial charge in [-0.15, -0.1) is 0 Å². The van der Waals surface area contributed by atoms with Gasteiger partial charge >= 0.3 is 5.97 Å². The molecule has 0 saturated heterocycles. The highest BCUT2D eigenvalue weighted by molar-refractivity contribution is 5.83. The lowest BCUT2D eigenvalue weighted by atomic mass is 10.1. The molecule has 0 atom stereocenters. The maximum atomic E-state index is 10.2. The van der Waals surface area contributed by atoms with Gasteiger partial charge in [0.05, 0.1) is 6.61 Å². The van der Waals surface area contributed by atoms with Crippen molar-refractivity contribution in [2.24, 2.45) is 0 Å². The van der Waals surface area contributed by atoms with Gasteiger partial charge in [0.15, 0.2) is 0 Å². The van der Waals surface area contributed by atoms with Crippen molar-refractivity contribution in [2.45, 2.75) is 13.3 Å². The quantitative estimate of drug-likeness (QED) is 0.473. The normalized spacial score (nSPS) is 9.17. The fourth-order valence-electron chi connectivity index (χ4n) is 1.42. The third kappa shape index (κ3) is 4.78. The number of carbonyl (C=O) groups excluding carboxylic acids is 2. The molecule has 0 spiro atoms. The monoisotopic (exact) mass is 244 g/mol. The summed E-state index contributed by atoms with van der Waals surface area (Å²) in [5.74, 6) is -0.456. The van der Waals surface area contributed by atoms with Gasteiger partial charge < -0.3 is 9.53 Å². The summed E-state index contributed by atoms with van der Waals surface area (Å²) in [6.07, 6.45) is 0.395. The van der Waals surface area contributed by atoms with E-state index in [4.69, 9.17) is 0 Å². The molecular formula is C15H16O3. The molecule has 3 nitrogen and oxygen atoms in total. The van der Waals surface area contributed by atoms with E-state index >= 15 is 0 Å². The van der Waals surface area contributed by atoms with Crippen LogP contribution in [0.25, 0.3) is 10.8 Å². The Morgan fingerprint density at radius 1 is 1.06 bits per heavy atom. The van der Waals surface area contributed by atoms with Gasteiger partial charge in [-0.05, 0) is 17.7 Å². The summed E-state index contributed by atoms with van der Waals surface area (Å²) >= 11 is 0. The summed E-state index contributed by atoms with van der Waals surface area (Å²) < 4.78 is 4.41. The first-order chi connectivity index (χ1) is 8.77. The van der Waals surface area contributed by atoms with Crippen molar-refractivity contribution < 1.29 is 14.3 Å². The summed E-state index contributed by atoms with van der Waals surface area (Å²) in [4.78, 5) is 19.8. The Hall–Kier alpha value is -2.16. The number of esters is 1. The van der Waals surface area contributed by atoms with Crippen molar-refractivity contribution in [1.29, 1.82) is 0 Å². The van der Waals surface area contributed by atoms with Crippen LogP contribution in [-0.4, -0.2) is 18.9 Å². The molecule has 0 aliphatic heterocycles. The molecular weight excluding hydrogens is 228 g/mol. The van der Waals surface area contributed by atoms with Crippen LogP contribution in [0, 0.1) is 0 Å². The van der Waals surface area contributed by atoms with Crippen LogP contribution in [0.3, 0.4) is 0 Å². The Morgan fingerprint density at radius 2 is 1.50 bits per heavy atom. The summed E-state index contributed by atoms with van der Waals surface area (Å²) in [5, 5.41) is 2.62. The second-order valence-corrected chi connectivity index (χ2v) is 3.52. The smallest absolute Gasteiger partial charge is 0.312 e. The second-order valence-electron chi connectivity index (χ2n) is 3.52. The fourth-order valence-corrected chi connectivity index (χ4v) is 1.42. The van der Waals surface area contributed by atoms with Crippen molar-refractivity contribution in [2.75, 3.05) is 6.61 Å². The second kappa shape index (κ2) is 8.01. The van der Waals surface area contributed by atoms with Crippen molar-refractivity contribution in [1.82, 2.24) is 0 Å². The topological polar surface area (TPSA) is 43.4 Å². The van der Waals surface area contributed by atoms with E-state index in [0.717, 1.165) is 0 Å². The van der Waals surface area contributed by atoms with Gasteiger partial charge in [0, 0.05) is 0 Å². The molecule has 18 heavy (non-hydrogen) atoms. The number of hydrogen-bond donors (Lipinski definition) is 0. The largest absolute Gasteiger partial charge is 0.466 e. The molecule has 0 heterocycles. The van der Waals surface area contributed by atoms with Crippen molar-refractivity contribution in [3.05, 3.63) is 48.5 Å². The first kappa shape index (κ1) is 13.9. The Labute approximate surface area is 106 Å². The zero-order valence-electron chi connectivity index (χ0n) is 10.3. The Bertz CT molecular complexity index is 440. The number of benzene rings is 2. The summed E-state index contributed by atoms with van der Waals surface area (Å²) in [5.41, 5.74) is 0. The Morgan fingerprint density at radius 3 is 1.83 bits per heavy atom. The lowest BCUT2D eigenvalue weighted by Crippen LogP contribution is -2.03. The van der Waals surface area contributed by atoms with Crippen LogP contribution in [0.2, 0.25) is 0 Å². The molecule has 0 aliphatic rings. The molecule has 0 unspecified atom stereocenters. The van der Waals surface area contributed by atoms with Crippen LogP contribution in [0.15, 0.2) is 48.5 Å². The number of ether oxygens (including phenoxy) is 1. The first-order valence-corrected chi connectivity index (χ1v) is 5.81. The SMILES string of the molecule is CCOC(=O)CC=O.c1ccc2ccccc2c1. The van der Waals surface area contributed by atoms with Crippen LogP contribution in [0.5, 0.6) is 0 Å². The van der Waals surface area contributed by atoms with Crippen LogP contribution < -0.4 is 0 Å². The molecule has 0 fully saturated rings. The van der Waals surface area contributed by atoms with E-state index in [1.165, 1.54) is 10.8 Å². The molecule has 94 valence electrons. The van der Waals surface area contributed by atoms with Gasteiger partial charge in [-0.2, -0.15) is 0 Å². The van der Waals surface area contributed by atoms with Crippen LogP contribution in [-0.2, 0) is 14.3 Å². The number of carbonyl (C=O) groups is 2. The van der Waals surface area contributed by atoms with E-state index in [9.17, 15) is 9.59 Å². The maximum Gasteiger partial charge on any atom is 0.312 e. The molecule has 2 rings (SSSR count). The Balaban J connectivity index is 0.000000187. The fraction of sp³-hybridized carbons (Fsp3) is 0.200. The molecule has 0 amide bonds. The average molecular weight is 244 g/mol. The van der Waals surface area contributed by atoms with Crippen molar-refractivity contribution in [3.8, 4) is 0 Å². The van der Waals surface area contributed by atoms with E-state index in [-0.39, 0.29) is 6.42 Å². The van der Waals surface area contributed by atoms with Crippen LogP contribution >= 0.6 is 0 Å². The summed E-state index contributed by atoms with van der Waals surface area (Å²) in [6, 6.07) is 16.7. The molecule has 0 saturated carbocycles. The molecule has 2 aromatic carbocycles. The van der Waals surface area contributed by atoms with E-state index in [1.54, 1.807) is 6.92 Å². The summed E-state index contributed by atoms with van der Waals surface area (Å²) in [6.45, 7) is 2.04. The number of fused-ring (bicyclic) bond motifs is 1. The molecule has 0 radical (unpaired) electrons. The minimum absolute atomic E-state index is 0.131. The Kier molecular flexibility index (Phi) is 6.19. The minimum atomic E-state index is -0.456. The van der Waals surface area contributed by atoms with E-state index in [2.05, 4.69) is 53.3 Å². The third-order valence-corrected chi connectivity index (χ3v) is 2.21. The standard InChI is InChI=1S/C10H8.C5H8O3/c1-2-6-10-8-4-3-7-9(10)5-1;1-2-8-5(7)3-4-6/h1-8H;4H,2-3H2,1H3. The number of aldehydes is 1. The third-order valence-electron chi connectivity index (χ3n) is 2.21. The highest BCUT2D eigenvalue weighted by Gasteiger charge is 1.95. The average Bonchev–Trinajstić information content (AvgIpc) is 2.40. The minimum Gasteiger partial charge on any atom is -0.466 e. The maximum absolute atomic E-state index is 10.2. The molecule has 0 bridgehead atoms. The molecule has 0 aromatic heterocycles. The van der Waals surface area contributed by atoms with Crippen LogP contribution in [0.1, 0.15) is 13.3 Å². The van der Waals surface area contributed by atoms with Gasteiger partial charge in [0.25, 0.3) is 0 Å².